The highest BCUT2D eigenvalue weighted by Crippen LogP contribution is 2.25. The van der Waals surface area contributed by atoms with Crippen LogP contribution in [0.4, 0.5) is 22.9 Å². The van der Waals surface area contributed by atoms with Gasteiger partial charge >= 0.3 is 0 Å². The molecule has 0 fully saturated rings. The Bertz CT molecular complexity index is 917. The quantitative estimate of drug-likeness (QED) is 0.447. The van der Waals surface area contributed by atoms with Crippen LogP contribution in [-0.2, 0) is 0 Å². The van der Waals surface area contributed by atoms with Gasteiger partial charge in [-0.1, -0.05) is 34.8 Å². The van der Waals surface area contributed by atoms with Gasteiger partial charge in [-0.2, -0.15) is 0 Å². The standard InChI is InChI=1S/C17H12Cl3N5S/c18-10-1-6-13(19)14(9-10)23-17(26)22-12-4-2-11(3-5-12)21-16-8-7-15(20)24-25-16/h1-9H,(H,21,25)(H2,22,23,26). The maximum atomic E-state index is 6.11. The molecule has 0 spiro atoms. The summed E-state index contributed by atoms with van der Waals surface area (Å²) in [6, 6.07) is 16.0. The first-order chi connectivity index (χ1) is 12.5. The van der Waals surface area contributed by atoms with Crippen LogP contribution in [0.25, 0.3) is 0 Å². The Kier molecular flexibility index (Phi) is 6.11. The van der Waals surface area contributed by atoms with Crippen molar-refractivity contribution < 1.29 is 0 Å². The van der Waals surface area contributed by atoms with Crippen molar-refractivity contribution in [1.29, 1.82) is 0 Å². The molecule has 0 amide bonds. The highest BCUT2D eigenvalue weighted by atomic mass is 35.5. The number of thiocarbonyl (C=S) groups is 1. The lowest BCUT2D eigenvalue weighted by Crippen LogP contribution is -2.19. The van der Waals surface area contributed by atoms with E-state index in [-0.39, 0.29) is 0 Å². The molecule has 0 saturated heterocycles. The number of benzene rings is 2. The number of hydrogen-bond acceptors (Lipinski definition) is 4. The molecule has 0 unspecified atom stereocenters. The number of nitrogens with one attached hydrogen (secondary N) is 3. The lowest BCUT2D eigenvalue weighted by atomic mass is 10.3. The zero-order valence-electron chi connectivity index (χ0n) is 13.1. The lowest BCUT2D eigenvalue weighted by molar-refractivity contribution is 1.04. The highest BCUT2D eigenvalue weighted by molar-refractivity contribution is 7.80. The number of anilines is 4. The Balaban J connectivity index is 1.60. The molecule has 3 N–H and O–H groups in total. The summed E-state index contributed by atoms with van der Waals surface area (Å²) in [4.78, 5) is 0. The van der Waals surface area contributed by atoms with Gasteiger partial charge in [0.15, 0.2) is 16.1 Å². The van der Waals surface area contributed by atoms with E-state index >= 15 is 0 Å². The van der Waals surface area contributed by atoms with Crippen molar-refractivity contribution >= 4 is 75.0 Å². The summed E-state index contributed by atoms with van der Waals surface area (Å²) < 4.78 is 0. The van der Waals surface area contributed by atoms with Crippen LogP contribution in [0.15, 0.2) is 54.6 Å². The molecule has 0 aliphatic rings. The predicted octanol–water partition coefficient (Wildman–Crippen LogP) is 5.99. The Morgan fingerprint density at radius 1 is 0.808 bits per heavy atom. The average molecular weight is 425 g/mol. The van der Waals surface area contributed by atoms with Crippen LogP contribution in [0.5, 0.6) is 0 Å². The van der Waals surface area contributed by atoms with Crippen LogP contribution in [0.2, 0.25) is 15.2 Å². The Labute approximate surface area is 170 Å². The van der Waals surface area contributed by atoms with E-state index in [0.29, 0.717) is 31.8 Å². The summed E-state index contributed by atoms with van der Waals surface area (Å²) in [7, 11) is 0. The van der Waals surface area contributed by atoms with Crippen molar-refractivity contribution in [3.05, 3.63) is 69.8 Å². The van der Waals surface area contributed by atoms with Gasteiger partial charge < -0.3 is 16.0 Å². The zero-order valence-corrected chi connectivity index (χ0v) is 16.2. The van der Waals surface area contributed by atoms with E-state index in [0.717, 1.165) is 11.4 Å². The fraction of sp³-hybridized carbons (Fsp3) is 0. The van der Waals surface area contributed by atoms with Crippen LogP contribution < -0.4 is 16.0 Å². The minimum atomic E-state index is 0.343. The molecular weight excluding hydrogens is 413 g/mol. The van der Waals surface area contributed by atoms with Gasteiger partial charge in [0, 0.05) is 16.4 Å². The Morgan fingerprint density at radius 3 is 2.23 bits per heavy atom. The van der Waals surface area contributed by atoms with Crippen LogP contribution >= 0.6 is 47.0 Å². The van der Waals surface area contributed by atoms with Gasteiger partial charge in [0.25, 0.3) is 0 Å². The van der Waals surface area contributed by atoms with Crippen molar-refractivity contribution in [3.63, 3.8) is 0 Å². The van der Waals surface area contributed by atoms with Crippen LogP contribution in [-0.4, -0.2) is 15.3 Å². The largest absolute Gasteiger partial charge is 0.339 e. The molecule has 0 radical (unpaired) electrons. The van der Waals surface area contributed by atoms with Crippen molar-refractivity contribution in [2.75, 3.05) is 16.0 Å². The molecule has 132 valence electrons. The van der Waals surface area contributed by atoms with E-state index in [1.165, 1.54) is 0 Å². The number of hydrogen-bond donors (Lipinski definition) is 3. The van der Waals surface area contributed by atoms with Gasteiger partial charge in [-0.05, 0) is 66.8 Å². The fourth-order valence-electron chi connectivity index (χ4n) is 2.05. The van der Waals surface area contributed by atoms with Gasteiger partial charge in [-0.15, -0.1) is 10.2 Å². The topological polar surface area (TPSA) is 61.9 Å². The van der Waals surface area contributed by atoms with Crippen LogP contribution in [0, 0.1) is 0 Å². The smallest absolute Gasteiger partial charge is 0.175 e. The van der Waals surface area contributed by atoms with E-state index < -0.39 is 0 Å². The molecule has 3 rings (SSSR count). The molecule has 0 atom stereocenters. The van der Waals surface area contributed by atoms with Gasteiger partial charge in [0.05, 0.1) is 10.7 Å². The normalized spacial score (nSPS) is 10.3. The Morgan fingerprint density at radius 2 is 1.54 bits per heavy atom. The molecule has 2 aromatic carbocycles. The van der Waals surface area contributed by atoms with E-state index in [9.17, 15) is 0 Å². The molecule has 1 aromatic heterocycles. The average Bonchev–Trinajstić information content (AvgIpc) is 2.62. The predicted molar refractivity (Wildman–Crippen MR) is 113 cm³/mol. The van der Waals surface area contributed by atoms with E-state index in [4.69, 9.17) is 47.0 Å². The van der Waals surface area contributed by atoms with Crippen molar-refractivity contribution in [2.45, 2.75) is 0 Å². The molecule has 1 heterocycles. The van der Waals surface area contributed by atoms with Crippen LogP contribution in [0.1, 0.15) is 0 Å². The third-order valence-corrected chi connectivity index (χ3v) is 4.19. The van der Waals surface area contributed by atoms with E-state index in [1.807, 2.05) is 24.3 Å². The maximum Gasteiger partial charge on any atom is 0.175 e. The van der Waals surface area contributed by atoms with Gasteiger partial charge in [-0.3, -0.25) is 0 Å². The highest BCUT2D eigenvalue weighted by Gasteiger charge is 2.05. The van der Waals surface area contributed by atoms with Crippen molar-refractivity contribution in [1.82, 2.24) is 10.2 Å². The molecule has 0 aliphatic carbocycles. The summed E-state index contributed by atoms with van der Waals surface area (Å²) in [5.74, 6) is 0.600. The van der Waals surface area contributed by atoms with Crippen molar-refractivity contribution in [3.8, 4) is 0 Å². The molecule has 5 nitrogen and oxygen atoms in total. The summed E-state index contributed by atoms with van der Waals surface area (Å²) >= 11 is 23.1. The summed E-state index contributed by atoms with van der Waals surface area (Å²) in [6.45, 7) is 0. The second-order valence-electron chi connectivity index (χ2n) is 5.15. The lowest BCUT2D eigenvalue weighted by Gasteiger charge is -2.12. The summed E-state index contributed by atoms with van der Waals surface area (Å²) in [5, 5.41) is 18.8. The number of aromatic nitrogens is 2. The second-order valence-corrected chi connectivity index (χ2v) is 6.79. The molecule has 3 aromatic rings. The molecule has 9 heteroatoms. The summed E-state index contributed by atoms with van der Waals surface area (Å²) in [5.41, 5.74) is 2.30. The summed E-state index contributed by atoms with van der Waals surface area (Å²) in [6.07, 6.45) is 0. The number of nitrogens with zero attached hydrogens (tertiary/aromatic N) is 2. The number of halogens is 3. The number of rotatable bonds is 4. The first kappa shape index (κ1) is 18.7. The molecule has 26 heavy (non-hydrogen) atoms. The van der Waals surface area contributed by atoms with Gasteiger partial charge in [0.1, 0.15) is 0 Å². The first-order valence-electron chi connectivity index (χ1n) is 7.39. The fourth-order valence-corrected chi connectivity index (χ4v) is 2.71. The van der Waals surface area contributed by atoms with Gasteiger partial charge in [-0.25, -0.2) is 0 Å². The van der Waals surface area contributed by atoms with Crippen molar-refractivity contribution in [2.24, 2.45) is 0 Å². The minimum absolute atomic E-state index is 0.343. The monoisotopic (exact) mass is 423 g/mol. The molecular formula is C17H12Cl3N5S. The Hall–Kier alpha value is -2.12. The zero-order chi connectivity index (χ0) is 18.5. The SMILES string of the molecule is S=C(Nc1ccc(Nc2ccc(Cl)nn2)cc1)Nc1cc(Cl)ccc1Cl. The third kappa shape index (κ3) is 5.19. The van der Waals surface area contributed by atoms with Gasteiger partial charge in [0.2, 0.25) is 0 Å². The van der Waals surface area contributed by atoms with E-state index in [1.54, 1.807) is 30.3 Å². The van der Waals surface area contributed by atoms with E-state index in [2.05, 4.69) is 26.1 Å². The maximum absolute atomic E-state index is 6.11. The molecule has 0 aliphatic heterocycles. The second kappa shape index (κ2) is 8.51. The van der Waals surface area contributed by atoms with Crippen LogP contribution in [0.3, 0.4) is 0 Å². The molecule has 0 saturated carbocycles. The third-order valence-electron chi connectivity index (χ3n) is 3.22. The first-order valence-corrected chi connectivity index (χ1v) is 8.93. The minimum Gasteiger partial charge on any atom is -0.339 e. The molecule has 0 bridgehead atoms.